The number of anilines is 1. The van der Waals surface area contributed by atoms with Gasteiger partial charge in [-0.3, -0.25) is 4.79 Å². The molecule has 3 rings (SSSR count). The number of carbonyl (C=O) groups is 1. The Kier molecular flexibility index (Phi) is 3.47. The molecule has 1 N–H and O–H groups in total. The van der Waals surface area contributed by atoms with Crippen LogP contribution < -0.4 is 5.32 Å². The maximum absolute atomic E-state index is 12.0. The number of carbonyl (C=O) groups excluding carboxylic acids is 1. The Balaban J connectivity index is 2.08. The van der Waals surface area contributed by atoms with Crippen LogP contribution in [0.15, 0.2) is 36.4 Å². The SMILES string of the molecule is O=C1Nc2cc(Cl)ccc2/C1=C\c1ccc(Cl)c(Cl)c1. The lowest BCUT2D eigenvalue weighted by molar-refractivity contribution is -0.110. The molecule has 0 radical (unpaired) electrons. The number of hydrogen-bond acceptors (Lipinski definition) is 1. The van der Waals surface area contributed by atoms with Crippen molar-refractivity contribution in [3.8, 4) is 0 Å². The Morgan fingerprint density at radius 1 is 0.950 bits per heavy atom. The highest BCUT2D eigenvalue weighted by Gasteiger charge is 2.24. The summed E-state index contributed by atoms with van der Waals surface area (Å²) in [5.74, 6) is -0.159. The molecule has 0 saturated carbocycles. The van der Waals surface area contributed by atoms with Gasteiger partial charge in [0.15, 0.2) is 0 Å². The van der Waals surface area contributed by atoms with Crippen molar-refractivity contribution < 1.29 is 4.79 Å². The average molecular weight is 325 g/mol. The molecule has 1 heterocycles. The molecule has 2 nitrogen and oxygen atoms in total. The summed E-state index contributed by atoms with van der Waals surface area (Å²) >= 11 is 17.8. The maximum atomic E-state index is 12.0. The van der Waals surface area contributed by atoms with Crippen LogP contribution in [0.25, 0.3) is 11.6 Å². The molecule has 0 aliphatic carbocycles. The summed E-state index contributed by atoms with van der Waals surface area (Å²) in [5, 5.41) is 4.30. The molecule has 0 aromatic heterocycles. The van der Waals surface area contributed by atoms with Gasteiger partial charge in [0.1, 0.15) is 0 Å². The van der Waals surface area contributed by atoms with Crippen LogP contribution in [0.3, 0.4) is 0 Å². The minimum Gasteiger partial charge on any atom is -0.321 e. The lowest BCUT2D eigenvalue weighted by Gasteiger charge is -2.01. The summed E-state index contributed by atoms with van der Waals surface area (Å²) in [6, 6.07) is 10.5. The third-order valence-electron chi connectivity index (χ3n) is 3.02. The van der Waals surface area contributed by atoms with Crippen molar-refractivity contribution in [1.29, 1.82) is 0 Å². The molecule has 0 atom stereocenters. The van der Waals surface area contributed by atoms with Gasteiger partial charge in [-0.2, -0.15) is 0 Å². The fourth-order valence-corrected chi connectivity index (χ4v) is 2.56. The van der Waals surface area contributed by atoms with E-state index in [0.29, 0.717) is 26.3 Å². The second-order valence-corrected chi connectivity index (χ2v) is 5.63. The monoisotopic (exact) mass is 323 g/mol. The van der Waals surface area contributed by atoms with Crippen LogP contribution in [0, 0.1) is 0 Å². The fraction of sp³-hybridized carbons (Fsp3) is 0. The molecule has 20 heavy (non-hydrogen) atoms. The van der Waals surface area contributed by atoms with Gasteiger partial charge in [0, 0.05) is 16.2 Å². The standard InChI is InChI=1S/C15H8Cl3NO/c16-9-2-3-10-11(15(20)19-14(10)7-9)5-8-1-4-12(17)13(18)6-8/h1-7H,(H,19,20)/b11-5+. The first-order valence-corrected chi connectivity index (χ1v) is 6.96. The van der Waals surface area contributed by atoms with Crippen LogP contribution in [-0.2, 0) is 4.79 Å². The van der Waals surface area contributed by atoms with E-state index in [9.17, 15) is 4.79 Å². The van der Waals surface area contributed by atoms with Gasteiger partial charge in [-0.25, -0.2) is 0 Å². The number of amides is 1. The first-order valence-electron chi connectivity index (χ1n) is 5.82. The number of halogens is 3. The molecule has 5 heteroatoms. The molecule has 0 spiro atoms. The van der Waals surface area contributed by atoms with Gasteiger partial charge in [-0.1, -0.05) is 46.9 Å². The summed E-state index contributed by atoms with van der Waals surface area (Å²) in [7, 11) is 0. The molecule has 0 saturated heterocycles. The highest BCUT2D eigenvalue weighted by atomic mass is 35.5. The topological polar surface area (TPSA) is 29.1 Å². The van der Waals surface area contributed by atoms with Gasteiger partial charge < -0.3 is 5.32 Å². The molecule has 1 aliphatic heterocycles. The van der Waals surface area contributed by atoms with Crippen LogP contribution in [0.1, 0.15) is 11.1 Å². The molecule has 2 aromatic carbocycles. The summed E-state index contributed by atoms with van der Waals surface area (Å²) in [6.07, 6.45) is 1.78. The molecular formula is C15H8Cl3NO. The van der Waals surface area contributed by atoms with Crippen molar-refractivity contribution >= 4 is 58.0 Å². The van der Waals surface area contributed by atoms with E-state index in [1.807, 2.05) is 12.1 Å². The van der Waals surface area contributed by atoms with Gasteiger partial charge >= 0.3 is 0 Å². The van der Waals surface area contributed by atoms with Crippen molar-refractivity contribution in [1.82, 2.24) is 0 Å². The molecule has 2 aromatic rings. The smallest absolute Gasteiger partial charge is 0.256 e. The minimum absolute atomic E-state index is 0.159. The minimum atomic E-state index is -0.159. The molecule has 0 fully saturated rings. The second kappa shape index (κ2) is 5.13. The molecule has 1 aliphatic rings. The van der Waals surface area contributed by atoms with Crippen molar-refractivity contribution in [3.05, 3.63) is 62.6 Å². The lowest BCUT2D eigenvalue weighted by atomic mass is 10.0. The lowest BCUT2D eigenvalue weighted by Crippen LogP contribution is -2.03. The Morgan fingerprint density at radius 2 is 1.75 bits per heavy atom. The number of rotatable bonds is 1. The summed E-state index contributed by atoms with van der Waals surface area (Å²) in [4.78, 5) is 12.0. The third kappa shape index (κ3) is 2.42. The second-order valence-electron chi connectivity index (χ2n) is 4.38. The molecular weight excluding hydrogens is 317 g/mol. The van der Waals surface area contributed by atoms with E-state index in [1.54, 1.807) is 30.3 Å². The fourth-order valence-electron chi connectivity index (χ4n) is 2.08. The average Bonchev–Trinajstić information content (AvgIpc) is 2.69. The maximum Gasteiger partial charge on any atom is 0.256 e. The van der Waals surface area contributed by atoms with Gasteiger partial charge in [-0.05, 0) is 35.9 Å². The van der Waals surface area contributed by atoms with Gasteiger partial charge in [0.2, 0.25) is 0 Å². The summed E-state index contributed by atoms with van der Waals surface area (Å²) in [5.41, 5.74) is 2.93. The normalized spacial score (nSPS) is 15.3. The van der Waals surface area contributed by atoms with Gasteiger partial charge in [0.25, 0.3) is 5.91 Å². The van der Waals surface area contributed by atoms with Crippen LogP contribution in [0.5, 0.6) is 0 Å². The van der Waals surface area contributed by atoms with Gasteiger partial charge in [-0.15, -0.1) is 0 Å². The number of nitrogens with one attached hydrogen (secondary N) is 1. The van der Waals surface area contributed by atoms with Crippen molar-refractivity contribution in [2.75, 3.05) is 5.32 Å². The van der Waals surface area contributed by atoms with Crippen LogP contribution >= 0.6 is 34.8 Å². The third-order valence-corrected chi connectivity index (χ3v) is 3.99. The molecule has 100 valence electrons. The van der Waals surface area contributed by atoms with Crippen LogP contribution in [0.4, 0.5) is 5.69 Å². The Bertz CT molecular complexity index is 753. The largest absolute Gasteiger partial charge is 0.321 e. The number of fused-ring (bicyclic) bond motifs is 1. The quantitative estimate of drug-likeness (QED) is 0.723. The molecule has 0 bridgehead atoms. The first-order chi connectivity index (χ1) is 9.54. The van der Waals surface area contributed by atoms with E-state index in [1.165, 1.54) is 0 Å². The van der Waals surface area contributed by atoms with E-state index in [0.717, 1.165) is 11.1 Å². The van der Waals surface area contributed by atoms with Crippen molar-refractivity contribution in [2.24, 2.45) is 0 Å². The van der Waals surface area contributed by atoms with E-state index in [-0.39, 0.29) is 5.91 Å². The van der Waals surface area contributed by atoms with Crippen LogP contribution in [0.2, 0.25) is 15.1 Å². The zero-order valence-corrected chi connectivity index (χ0v) is 12.4. The molecule has 1 amide bonds. The van der Waals surface area contributed by atoms with Gasteiger partial charge in [0.05, 0.1) is 15.7 Å². The zero-order valence-electron chi connectivity index (χ0n) is 10.1. The van der Waals surface area contributed by atoms with Crippen LogP contribution in [-0.4, -0.2) is 5.91 Å². The predicted octanol–water partition coefficient (Wildman–Crippen LogP) is 5.14. The highest BCUT2D eigenvalue weighted by molar-refractivity contribution is 6.42. The van der Waals surface area contributed by atoms with E-state index in [4.69, 9.17) is 34.8 Å². The van der Waals surface area contributed by atoms with Crippen molar-refractivity contribution in [2.45, 2.75) is 0 Å². The molecule has 0 unspecified atom stereocenters. The highest BCUT2D eigenvalue weighted by Crippen LogP contribution is 2.35. The van der Waals surface area contributed by atoms with E-state index >= 15 is 0 Å². The van der Waals surface area contributed by atoms with E-state index < -0.39 is 0 Å². The summed E-state index contributed by atoms with van der Waals surface area (Å²) in [6.45, 7) is 0. The summed E-state index contributed by atoms with van der Waals surface area (Å²) < 4.78 is 0. The zero-order chi connectivity index (χ0) is 14.3. The Morgan fingerprint density at radius 3 is 2.50 bits per heavy atom. The first kappa shape index (κ1) is 13.5. The number of benzene rings is 2. The number of hydrogen-bond donors (Lipinski definition) is 1. The Hall–Kier alpha value is -1.48. The van der Waals surface area contributed by atoms with E-state index in [2.05, 4.69) is 5.32 Å². The van der Waals surface area contributed by atoms with Crippen molar-refractivity contribution in [3.63, 3.8) is 0 Å². The predicted molar refractivity (Wildman–Crippen MR) is 84.4 cm³/mol. The Labute approximate surface area is 131 Å².